The summed E-state index contributed by atoms with van der Waals surface area (Å²) < 4.78 is 0. The molecule has 0 N–H and O–H groups in total. The molecule has 0 spiro atoms. The Morgan fingerprint density at radius 3 is 2.11 bits per heavy atom. The summed E-state index contributed by atoms with van der Waals surface area (Å²) in [4.78, 5) is 0. The van der Waals surface area contributed by atoms with Gasteiger partial charge in [-0.15, -0.1) is 0 Å². The SMILES string of the molecule is CC=C(CCCc1ccccc1)c1ccccc1. The Balaban J connectivity index is 1.90. The highest BCUT2D eigenvalue weighted by Gasteiger charge is 2.00. The van der Waals surface area contributed by atoms with Gasteiger partial charge in [-0.25, -0.2) is 0 Å². The third-order valence-corrected chi connectivity index (χ3v) is 3.25. The summed E-state index contributed by atoms with van der Waals surface area (Å²) in [7, 11) is 0. The summed E-state index contributed by atoms with van der Waals surface area (Å²) in [6.45, 7) is 2.13. The molecule has 0 aliphatic carbocycles. The number of allylic oxidation sites excluding steroid dienone is 2. The average Bonchev–Trinajstić information content (AvgIpc) is 2.46. The minimum Gasteiger partial charge on any atom is -0.0838 e. The van der Waals surface area contributed by atoms with Crippen LogP contribution in [-0.2, 0) is 6.42 Å². The van der Waals surface area contributed by atoms with Gasteiger partial charge in [0.25, 0.3) is 0 Å². The first kappa shape index (κ1) is 12.6. The lowest BCUT2D eigenvalue weighted by molar-refractivity contribution is 0.852. The van der Waals surface area contributed by atoms with Crippen LogP contribution in [0, 0.1) is 0 Å². The van der Waals surface area contributed by atoms with Gasteiger partial charge in [0, 0.05) is 0 Å². The molecule has 0 unspecified atom stereocenters. The Bertz CT molecular complexity index is 480. The second kappa shape index (κ2) is 6.80. The summed E-state index contributed by atoms with van der Waals surface area (Å²) in [6, 6.07) is 21.4. The highest BCUT2D eigenvalue weighted by molar-refractivity contribution is 5.65. The number of rotatable bonds is 5. The van der Waals surface area contributed by atoms with Gasteiger partial charge in [-0.1, -0.05) is 66.7 Å². The first-order valence-electron chi connectivity index (χ1n) is 6.64. The van der Waals surface area contributed by atoms with Crippen LogP contribution < -0.4 is 0 Å². The summed E-state index contributed by atoms with van der Waals surface area (Å²) in [5, 5.41) is 0. The predicted octanol–water partition coefficient (Wildman–Crippen LogP) is 5.11. The van der Waals surface area contributed by atoms with Crippen LogP contribution in [0.4, 0.5) is 0 Å². The van der Waals surface area contributed by atoms with Crippen LogP contribution in [-0.4, -0.2) is 0 Å². The first-order valence-corrected chi connectivity index (χ1v) is 6.64. The molecule has 0 aliphatic heterocycles. The number of benzene rings is 2. The second-order valence-electron chi connectivity index (χ2n) is 4.52. The molecule has 18 heavy (non-hydrogen) atoms. The zero-order valence-corrected chi connectivity index (χ0v) is 11.0. The Labute approximate surface area is 110 Å². The summed E-state index contributed by atoms with van der Waals surface area (Å²) in [5.41, 5.74) is 4.24. The molecular formula is C18H20. The Hall–Kier alpha value is -1.82. The molecule has 0 aliphatic rings. The molecule has 0 atom stereocenters. The maximum Gasteiger partial charge on any atom is -0.0228 e. The maximum atomic E-state index is 2.24. The van der Waals surface area contributed by atoms with Gasteiger partial charge in [0.1, 0.15) is 0 Å². The lowest BCUT2D eigenvalue weighted by atomic mass is 9.98. The van der Waals surface area contributed by atoms with Gasteiger partial charge >= 0.3 is 0 Å². The molecule has 0 heteroatoms. The molecule has 0 heterocycles. The maximum absolute atomic E-state index is 2.24. The Morgan fingerprint density at radius 1 is 0.889 bits per heavy atom. The molecule has 2 aromatic carbocycles. The Kier molecular flexibility index (Phi) is 4.78. The van der Waals surface area contributed by atoms with Crippen molar-refractivity contribution in [2.75, 3.05) is 0 Å². The van der Waals surface area contributed by atoms with Crippen molar-refractivity contribution in [1.82, 2.24) is 0 Å². The van der Waals surface area contributed by atoms with Crippen molar-refractivity contribution in [2.45, 2.75) is 26.2 Å². The van der Waals surface area contributed by atoms with Crippen molar-refractivity contribution < 1.29 is 0 Å². The zero-order valence-electron chi connectivity index (χ0n) is 11.0. The first-order chi connectivity index (χ1) is 8.90. The zero-order chi connectivity index (χ0) is 12.6. The van der Waals surface area contributed by atoms with Crippen molar-refractivity contribution in [1.29, 1.82) is 0 Å². The van der Waals surface area contributed by atoms with Gasteiger partial charge < -0.3 is 0 Å². The smallest absolute Gasteiger partial charge is 0.0228 e. The van der Waals surface area contributed by atoms with Crippen molar-refractivity contribution in [3.05, 3.63) is 77.9 Å². The second-order valence-corrected chi connectivity index (χ2v) is 4.52. The van der Waals surface area contributed by atoms with Gasteiger partial charge in [0.05, 0.1) is 0 Å². The van der Waals surface area contributed by atoms with Crippen molar-refractivity contribution in [3.8, 4) is 0 Å². The predicted molar refractivity (Wildman–Crippen MR) is 79.5 cm³/mol. The third-order valence-electron chi connectivity index (χ3n) is 3.25. The molecular weight excluding hydrogens is 216 g/mol. The molecule has 92 valence electrons. The van der Waals surface area contributed by atoms with Gasteiger partial charge in [-0.3, -0.25) is 0 Å². The van der Waals surface area contributed by atoms with E-state index in [1.54, 1.807) is 0 Å². The standard InChI is InChI=1S/C18H20/c1-2-17(18-13-7-4-8-14-18)15-9-12-16-10-5-3-6-11-16/h2-8,10-11,13-14H,9,12,15H2,1H3. The van der Waals surface area contributed by atoms with E-state index in [1.807, 2.05) is 0 Å². The quantitative estimate of drug-likeness (QED) is 0.676. The van der Waals surface area contributed by atoms with E-state index in [-0.39, 0.29) is 0 Å². The van der Waals surface area contributed by atoms with Crippen molar-refractivity contribution in [2.24, 2.45) is 0 Å². The van der Waals surface area contributed by atoms with Crippen LogP contribution in [0.5, 0.6) is 0 Å². The number of hydrogen-bond donors (Lipinski definition) is 0. The van der Waals surface area contributed by atoms with Crippen LogP contribution in [0.1, 0.15) is 30.9 Å². The molecule has 0 radical (unpaired) electrons. The van der Waals surface area contributed by atoms with E-state index in [0.717, 1.165) is 12.8 Å². The van der Waals surface area contributed by atoms with Crippen molar-refractivity contribution >= 4 is 5.57 Å². The van der Waals surface area contributed by atoms with E-state index < -0.39 is 0 Å². The molecule has 2 rings (SSSR count). The summed E-state index contributed by atoms with van der Waals surface area (Å²) >= 11 is 0. The lowest BCUT2D eigenvalue weighted by Crippen LogP contribution is -1.88. The highest BCUT2D eigenvalue weighted by atomic mass is 14.1. The molecule has 2 aromatic rings. The number of aryl methyl sites for hydroxylation is 1. The molecule has 0 aromatic heterocycles. The van der Waals surface area contributed by atoms with Crippen molar-refractivity contribution in [3.63, 3.8) is 0 Å². The molecule has 0 fully saturated rings. The number of hydrogen-bond acceptors (Lipinski definition) is 0. The molecule has 0 bridgehead atoms. The van der Waals surface area contributed by atoms with E-state index >= 15 is 0 Å². The normalized spacial score (nSPS) is 11.5. The van der Waals surface area contributed by atoms with E-state index in [4.69, 9.17) is 0 Å². The minimum atomic E-state index is 1.15. The van der Waals surface area contributed by atoms with Crippen LogP contribution in [0.15, 0.2) is 66.7 Å². The van der Waals surface area contributed by atoms with E-state index in [2.05, 4.69) is 73.7 Å². The van der Waals surface area contributed by atoms with Crippen LogP contribution >= 0.6 is 0 Å². The molecule has 0 nitrogen and oxygen atoms in total. The highest BCUT2D eigenvalue weighted by Crippen LogP contribution is 2.20. The van der Waals surface area contributed by atoms with Crippen LogP contribution in [0.25, 0.3) is 5.57 Å². The molecule has 0 amide bonds. The van der Waals surface area contributed by atoms with E-state index in [1.165, 1.54) is 23.1 Å². The molecule has 0 saturated carbocycles. The van der Waals surface area contributed by atoms with Crippen LogP contribution in [0.2, 0.25) is 0 Å². The van der Waals surface area contributed by atoms with E-state index in [0.29, 0.717) is 0 Å². The third kappa shape index (κ3) is 3.59. The average molecular weight is 236 g/mol. The Morgan fingerprint density at radius 2 is 1.50 bits per heavy atom. The summed E-state index contributed by atoms with van der Waals surface area (Å²) in [5.74, 6) is 0. The summed E-state index contributed by atoms with van der Waals surface area (Å²) in [6.07, 6.45) is 5.75. The van der Waals surface area contributed by atoms with Gasteiger partial charge in [0.2, 0.25) is 0 Å². The largest absolute Gasteiger partial charge is 0.0838 e. The lowest BCUT2D eigenvalue weighted by Gasteiger charge is -2.07. The van der Waals surface area contributed by atoms with Gasteiger partial charge in [0.15, 0.2) is 0 Å². The van der Waals surface area contributed by atoms with Crippen LogP contribution in [0.3, 0.4) is 0 Å². The minimum absolute atomic E-state index is 1.15. The fraction of sp³-hybridized carbons (Fsp3) is 0.222. The van der Waals surface area contributed by atoms with Gasteiger partial charge in [-0.2, -0.15) is 0 Å². The van der Waals surface area contributed by atoms with E-state index in [9.17, 15) is 0 Å². The monoisotopic (exact) mass is 236 g/mol. The topological polar surface area (TPSA) is 0 Å². The fourth-order valence-electron chi connectivity index (χ4n) is 2.24. The molecule has 0 saturated heterocycles. The fourth-order valence-corrected chi connectivity index (χ4v) is 2.24. The van der Waals surface area contributed by atoms with Gasteiger partial charge in [-0.05, 0) is 42.9 Å².